The van der Waals surface area contributed by atoms with Crippen LogP contribution in [0.3, 0.4) is 0 Å². The second-order valence-corrected chi connectivity index (χ2v) is 4.41. The first-order valence-corrected chi connectivity index (χ1v) is 5.61. The van der Waals surface area contributed by atoms with Gasteiger partial charge in [0.15, 0.2) is 0 Å². The maximum absolute atomic E-state index is 8.90. The molecule has 0 saturated heterocycles. The smallest absolute Gasteiger partial charge is 0.0468 e. The Bertz CT molecular complexity index is 303. The molecule has 15 heavy (non-hydrogen) atoms. The molecule has 1 unspecified atom stereocenters. The van der Waals surface area contributed by atoms with Gasteiger partial charge in [-0.25, -0.2) is 0 Å². The average molecular weight is 228 g/mol. The van der Waals surface area contributed by atoms with E-state index in [0.717, 1.165) is 11.6 Å². The normalized spacial score (nSPS) is 14.9. The molecule has 0 spiro atoms. The molecule has 0 fully saturated rings. The van der Waals surface area contributed by atoms with Gasteiger partial charge in [-0.2, -0.15) is 0 Å². The van der Waals surface area contributed by atoms with Crippen molar-refractivity contribution in [1.29, 1.82) is 0 Å². The minimum atomic E-state index is 0.218. The van der Waals surface area contributed by atoms with Crippen molar-refractivity contribution in [2.45, 2.75) is 19.9 Å². The third kappa shape index (κ3) is 4.20. The second-order valence-electron chi connectivity index (χ2n) is 3.97. The molecule has 0 heterocycles. The lowest BCUT2D eigenvalue weighted by Crippen LogP contribution is -2.26. The van der Waals surface area contributed by atoms with Crippen LogP contribution < -0.4 is 5.32 Å². The van der Waals surface area contributed by atoms with Crippen molar-refractivity contribution in [3.8, 4) is 0 Å². The van der Waals surface area contributed by atoms with E-state index in [1.807, 2.05) is 31.2 Å². The zero-order valence-electron chi connectivity index (χ0n) is 9.20. The van der Waals surface area contributed by atoms with Crippen molar-refractivity contribution in [1.82, 2.24) is 5.32 Å². The van der Waals surface area contributed by atoms with Crippen LogP contribution in [-0.4, -0.2) is 18.3 Å². The molecule has 1 rings (SSSR count). The van der Waals surface area contributed by atoms with Gasteiger partial charge in [-0.3, -0.25) is 0 Å². The van der Waals surface area contributed by atoms with Crippen LogP contribution >= 0.6 is 11.6 Å². The molecule has 1 aromatic rings. The van der Waals surface area contributed by atoms with Crippen LogP contribution in [-0.2, 0) is 0 Å². The molecular formula is C12H18ClNO. The summed E-state index contributed by atoms with van der Waals surface area (Å²) in [5.74, 6) is 0.284. The number of nitrogens with one attached hydrogen (secondary N) is 1. The van der Waals surface area contributed by atoms with Crippen molar-refractivity contribution in [3.63, 3.8) is 0 Å². The summed E-state index contributed by atoms with van der Waals surface area (Å²) in [5, 5.41) is 13.0. The third-order valence-electron chi connectivity index (χ3n) is 2.43. The summed E-state index contributed by atoms with van der Waals surface area (Å²) in [5.41, 5.74) is 1.17. The van der Waals surface area contributed by atoms with Gasteiger partial charge in [-0.1, -0.05) is 30.7 Å². The van der Waals surface area contributed by atoms with Gasteiger partial charge in [0.05, 0.1) is 0 Å². The monoisotopic (exact) mass is 227 g/mol. The first-order valence-electron chi connectivity index (χ1n) is 5.23. The second kappa shape index (κ2) is 6.11. The molecule has 0 aromatic heterocycles. The molecule has 2 nitrogen and oxygen atoms in total. The maximum atomic E-state index is 8.90. The van der Waals surface area contributed by atoms with Crippen molar-refractivity contribution >= 4 is 11.6 Å². The first-order chi connectivity index (χ1) is 7.13. The molecule has 0 radical (unpaired) electrons. The van der Waals surface area contributed by atoms with Crippen LogP contribution in [0.25, 0.3) is 0 Å². The summed E-state index contributed by atoms with van der Waals surface area (Å²) >= 11 is 5.91. The Labute approximate surface area is 96.3 Å². The van der Waals surface area contributed by atoms with Crippen LogP contribution in [0, 0.1) is 5.92 Å². The van der Waals surface area contributed by atoms with Gasteiger partial charge in [0.25, 0.3) is 0 Å². The summed E-state index contributed by atoms with van der Waals surface area (Å²) in [4.78, 5) is 0. The summed E-state index contributed by atoms with van der Waals surface area (Å²) in [6.07, 6.45) is 0. The fraction of sp³-hybridized carbons (Fsp3) is 0.500. The van der Waals surface area contributed by atoms with Gasteiger partial charge in [-0.15, -0.1) is 0 Å². The van der Waals surface area contributed by atoms with E-state index in [-0.39, 0.29) is 18.6 Å². The number of hydrogen-bond acceptors (Lipinski definition) is 2. The van der Waals surface area contributed by atoms with E-state index < -0.39 is 0 Å². The van der Waals surface area contributed by atoms with E-state index in [1.54, 1.807) is 0 Å². The van der Waals surface area contributed by atoms with Gasteiger partial charge in [-0.05, 0) is 30.5 Å². The number of aliphatic hydroxyl groups excluding tert-OH is 1. The fourth-order valence-corrected chi connectivity index (χ4v) is 1.54. The van der Waals surface area contributed by atoms with E-state index in [0.29, 0.717) is 0 Å². The van der Waals surface area contributed by atoms with Gasteiger partial charge < -0.3 is 10.4 Å². The quantitative estimate of drug-likeness (QED) is 0.811. The van der Waals surface area contributed by atoms with Gasteiger partial charge in [0.1, 0.15) is 0 Å². The Hall–Kier alpha value is -0.570. The van der Waals surface area contributed by atoms with Crippen LogP contribution in [0.5, 0.6) is 0 Å². The highest BCUT2D eigenvalue weighted by atomic mass is 35.5. The van der Waals surface area contributed by atoms with Crippen LogP contribution in [0.2, 0.25) is 5.02 Å². The van der Waals surface area contributed by atoms with Crippen LogP contribution in [0.1, 0.15) is 25.5 Å². The van der Waals surface area contributed by atoms with Crippen molar-refractivity contribution in [3.05, 3.63) is 34.9 Å². The third-order valence-corrected chi connectivity index (χ3v) is 2.67. The Balaban J connectivity index is 2.50. The highest BCUT2D eigenvalue weighted by molar-refractivity contribution is 6.30. The van der Waals surface area contributed by atoms with E-state index in [2.05, 4.69) is 12.2 Å². The van der Waals surface area contributed by atoms with Crippen LogP contribution in [0.4, 0.5) is 0 Å². The predicted molar refractivity (Wildman–Crippen MR) is 64.1 cm³/mol. The summed E-state index contributed by atoms with van der Waals surface area (Å²) in [6.45, 7) is 5.13. The lowest BCUT2D eigenvalue weighted by atomic mass is 10.1. The zero-order chi connectivity index (χ0) is 11.3. The number of benzene rings is 1. The SMILES string of the molecule is CC(CO)CN[C@@H](C)c1cccc(Cl)c1. The largest absolute Gasteiger partial charge is 0.396 e. The Kier molecular flexibility index (Phi) is 5.09. The van der Waals surface area contributed by atoms with E-state index >= 15 is 0 Å². The Morgan fingerprint density at radius 2 is 2.13 bits per heavy atom. The highest BCUT2D eigenvalue weighted by Gasteiger charge is 2.06. The molecule has 1 aromatic carbocycles. The molecular weight excluding hydrogens is 210 g/mol. The summed E-state index contributed by atoms with van der Waals surface area (Å²) < 4.78 is 0. The van der Waals surface area contributed by atoms with E-state index in [9.17, 15) is 0 Å². The highest BCUT2D eigenvalue weighted by Crippen LogP contribution is 2.17. The maximum Gasteiger partial charge on any atom is 0.0468 e. The number of halogens is 1. The zero-order valence-corrected chi connectivity index (χ0v) is 9.96. The van der Waals surface area contributed by atoms with Crippen molar-refractivity contribution in [2.24, 2.45) is 5.92 Å². The molecule has 2 atom stereocenters. The molecule has 0 saturated carbocycles. The molecule has 3 heteroatoms. The number of aliphatic hydroxyl groups is 1. The molecule has 0 aliphatic rings. The first kappa shape index (κ1) is 12.5. The lowest BCUT2D eigenvalue weighted by molar-refractivity contribution is 0.231. The summed E-state index contributed by atoms with van der Waals surface area (Å²) in [6, 6.07) is 8.09. The van der Waals surface area contributed by atoms with Crippen molar-refractivity contribution in [2.75, 3.05) is 13.2 Å². The summed E-state index contributed by atoms with van der Waals surface area (Å²) in [7, 11) is 0. The minimum Gasteiger partial charge on any atom is -0.396 e. The topological polar surface area (TPSA) is 32.3 Å². The van der Waals surface area contributed by atoms with Gasteiger partial charge in [0, 0.05) is 24.2 Å². The molecule has 84 valence electrons. The minimum absolute atomic E-state index is 0.218. The van der Waals surface area contributed by atoms with Crippen LogP contribution in [0.15, 0.2) is 24.3 Å². The fourth-order valence-electron chi connectivity index (χ4n) is 1.34. The number of rotatable bonds is 5. The van der Waals surface area contributed by atoms with Gasteiger partial charge in [0.2, 0.25) is 0 Å². The lowest BCUT2D eigenvalue weighted by Gasteiger charge is -2.17. The standard InChI is InChI=1S/C12H18ClNO/c1-9(8-15)7-14-10(2)11-4-3-5-12(13)6-11/h3-6,9-10,14-15H,7-8H2,1-2H3/t9?,10-/m0/s1. The van der Waals surface area contributed by atoms with Gasteiger partial charge >= 0.3 is 0 Å². The Morgan fingerprint density at radius 1 is 1.40 bits per heavy atom. The molecule has 0 aliphatic heterocycles. The van der Waals surface area contributed by atoms with E-state index in [1.165, 1.54) is 5.56 Å². The molecule has 0 amide bonds. The molecule has 2 N–H and O–H groups in total. The predicted octanol–water partition coefficient (Wildman–Crippen LogP) is 2.62. The average Bonchev–Trinajstić information content (AvgIpc) is 2.25. The number of hydrogen-bond donors (Lipinski definition) is 2. The molecule has 0 aliphatic carbocycles. The molecule has 0 bridgehead atoms. The Morgan fingerprint density at radius 3 is 2.73 bits per heavy atom. The van der Waals surface area contributed by atoms with E-state index in [4.69, 9.17) is 16.7 Å². The van der Waals surface area contributed by atoms with Crippen molar-refractivity contribution < 1.29 is 5.11 Å².